The Balaban J connectivity index is 0.00000208. The Morgan fingerprint density at radius 2 is 2.00 bits per heavy atom. The van der Waals surface area contributed by atoms with Crippen molar-refractivity contribution in [3.8, 4) is 0 Å². The molecule has 3 rings (SSSR count). The third-order valence-electron chi connectivity index (χ3n) is 4.77. The lowest BCUT2D eigenvalue weighted by Gasteiger charge is -2.20. The Morgan fingerprint density at radius 3 is 2.67 bits per heavy atom. The number of hydrogen-bond donors (Lipinski definition) is 2. The number of nitrogens with zero attached hydrogens (tertiary/aromatic N) is 1. The number of rotatable bonds is 5. The summed E-state index contributed by atoms with van der Waals surface area (Å²) in [5, 5.41) is 3.21. The van der Waals surface area contributed by atoms with E-state index in [9.17, 15) is 8.42 Å². The van der Waals surface area contributed by atoms with Crippen molar-refractivity contribution < 1.29 is 8.42 Å². The number of aliphatic imine (C=N–C) groups is 1. The van der Waals surface area contributed by atoms with Crippen molar-refractivity contribution in [1.29, 1.82) is 0 Å². The monoisotopic (exact) mass is 463 g/mol. The number of hydrogen-bond acceptors (Lipinski definition) is 3. The number of fused-ring (bicyclic) bond motifs is 1. The van der Waals surface area contributed by atoms with E-state index in [-0.39, 0.29) is 35.1 Å². The smallest absolute Gasteiger partial charge is 0.193 e. The number of aryl methyl sites for hydroxylation is 1. The minimum Gasteiger partial charge on any atom is -0.370 e. The fourth-order valence-corrected chi connectivity index (χ4v) is 4.90. The minimum absolute atomic E-state index is 0. The van der Waals surface area contributed by atoms with Gasteiger partial charge >= 0.3 is 0 Å². The minimum atomic E-state index is -2.97. The van der Waals surface area contributed by atoms with Gasteiger partial charge in [0.15, 0.2) is 5.96 Å². The van der Waals surface area contributed by atoms with Crippen molar-refractivity contribution in [1.82, 2.24) is 0 Å². The van der Waals surface area contributed by atoms with E-state index in [1.807, 2.05) is 12.1 Å². The first kappa shape index (κ1) is 19.5. The number of sulfone groups is 1. The number of halogens is 1. The summed E-state index contributed by atoms with van der Waals surface area (Å²) in [6, 6.07) is 6.26. The van der Waals surface area contributed by atoms with Crippen LogP contribution in [0.15, 0.2) is 23.2 Å². The second kappa shape index (κ2) is 7.59. The number of nitrogens with two attached hydrogens (primary N) is 1. The highest BCUT2D eigenvalue weighted by molar-refractivity contribution is 14.0. The molecule has 0 heterocycles. The van der Waals surface area contributed by atoms with Gasteiger partial charge in [-0.3, -0.25) is 4.99 Å². The third kappa shape index (κ3) is 5.08. The SMILES string of the molecule is CS(=O)(=O)CC1(CN=C(N)Nc2cccc3c2CCCC3)CC1.I. The summed E-state index contributed by atoms with van der Waals surface area (Å²) in [6.07, 6.45) is 7.77. The van der Waals surface area contributed by atoms with Gasteiger partial charge in [-0.2, -0.15) is 0 Å². The van der Waals surface area contributed by atoms with Gasteiger partial charge in [-0.25, -0.2) is 8.42 Å². The number of guanidine groups is 1. The maximum Gasteiger partial charge on any atom is 0.193 e. The van der Waals surface area contributed by atoms with E-state index in [4.69, 9.17) is 5.73 Å². The Hall–Kier alpha value is -0.830. The summed E-state index contributed by atoms with van der Waals surface area (Å²) < 4.78 is 23.0. The summed E-state index contributed by atoms with van der Waals surface area (Å²) in [5.41, 5.74) is 9.62. The van der Waals surface area contributed by atoms with Gasteiger partial charge in [0.25, 0.3) is 0 Å². The van der Waals surface area contributed by atoms with Gasteiger partial charge in [-0.05, 0) is 55.7 Å². The van der Waals surface area contributed by atoms with Crippen LogP contribution in [-0.2, 0) is 22.7 Å². The Morgan fingerprint density at radius 1 is 1.29 bits per heavy atom. The van der Waals surface area contributed by atoms with Crippen LogP contribution in [0.4, 0.5) is 5.69 Å². The van der Waals surface area contributed by atoms with Gasteiger partial charge in [0, 0.05) is 23.9 Å². The maximum atomic E-state index is 11.5. The molecule has 1 saturated carbocycles. The largest absolute Gasteiger partial charge is 0.370 e. The summed E-state index contributed by atoms with van der Waals surface area (Å²) >= 11 is 0. The Bertz CT molecular complexity index is 727. The third-order valence-corrected chi connectivity index (χ3v) is 5.91. The lowest BCUT2D eigenvalue weighted by molar-refractivity contribution is 0.552. The molecule has 7 heteroatoms. The fraction of sp³-hybridized carbons (Fsp3) is 0.588. The highest BCUT2D eigenvalue weighted by Crippen LogP contribution is 2.46. The van der Waals surface area contributed by atoms with Crippen LogP contribution >= 0.6 is 24.0 Å². The van der Waals surface area contributed by atoms with Crippen LogP contribution < -0.4 is 11.1 Å². The molecule has 1 fully saturated rings. The quantitative estimate of drug-likeness (QED) is 0.400. The fourth-order valence-electron chi connectivity index (χ4n) is 3.41. The summed E-state index contributed by atoms with van der Waals surface area (Å²) in [6.45, 7) is 0.480. The Labute approximate surface area is 161 Å². The molecule has 0 aromatic heterocycles. The zero-order chi connectivity index (χ0) is 16.5. The number of benzene rings is 1. The second-order valence-electron chi connectivity index (χ2n) is 7.05. The van der Waals surface area contributed by atoms with E-state index in [1.54, 1.807) is 0 Å². The number of nitrogens with one attached hydrogen (secondary N) is 1. The van der Waals surface area contributed by atoms with Crippen molar-refractivity contribution >= 4 is 45.5 Å². The molecule has 0 radical (unpaired) electrons. The molecule has 1 aromatic rings. The lowest BCUT2D eigenvalue weighted by Crippen LogP contribution is -2.27. The van der Waals surface area contributed by atoms with Gasteiger partial charge in [0.2, 0.25) is 0 Å². The highest BCUT2D eigenvalue weighted by atomic mass is 127. The van der Waals surface area contributed by atoms with E-state index >= 15 is 0 Å². The molecule has 0 spiro atoms. The summed E-state index contributed by atoms with van der Waals surface area (Å²) in [5.74, 6) is 0.584. The zero-order valence-corrected chi connectivity index (χ0v) is 17.2. The molecule has 2 aliphatic rings. The lowest BCUT2D eigenvalue weighted by atomic mass is 9.90. The predicted octanol–water partition coefficient (Wildman–Crippen LogP) is 2.73. The topological polar surface area (TPSA) is 84.5 Å². The first-order chi connectivity index (χ1) is 10.9. The van der Waals surface area contributed by atoms with Crippen molar-refractivity contribution in [3.63, 3.8) is 0 Å². The van der Waals surface area contributed by atoms with Crippen molar-refractivity contribution in [2.24, 2.45) is 16.1 Å². The van der Waals surface area contributed by atoms with Crippen molar-refractivity contribution in [2.45, 2.75) is 38.5 Å². The van der Waals surface area contributed by atoms with Crippen LogP contribution in [0, 0.1) is 5.41 Å². The standard InChI is InChI=1S/C17H25N3O2S.HI/c1-23(21,22)12-17(9-10-17)11-19-16(18)20-15-8-4-6-13-5-2-3-7-14(13)15;/h4,6,8H,2-3,5,7,9-12H2,1H3,(H3,18,19,20);1H. The van der Waals surface area contributed by atoms with Crippen LogP contribution in [0.25, 0.3) is 0 Å². The molecule has 1 aromatic carbocycles. The van der Waals surface area contributed by atoms with Crippen LogP contribution in [0.5, 0.6) is 0 Å². The molecule has 0 aliphatic heterocycles. The van der Waals surface area contributed by atoms with E-state index < -0.39 is 9.84 Å². The molecule has 0 saturated heterocycles. The first-order valence-corrected chi connectivity index (χ1v) is 10.3. The predicted molar refractivity (Wildman–Crippen MR) is 110 cm³/mol. The maximum absolute atomic E-state index is 11.5. The average Bonchev–Trinajstić information content (AvgIpc) is 3.24. The second-order valence-corrected chi connectivity index (χ2v) is 9.19. The molecule has 2 aliphatic carbocycles. The van der Waals surface area contributed by atoms with Gasteiger partial charge in [0.05, 0.1) is 5.75 Å². The van der Waals surface area contributed by atoms with E-state index in [2.05, 4.69) is 16.4 Å². The molecule has 0 atom stereocenters. The highest BCUT2D eigenvalue weighted by Gasteiger charge is 2.45. The molecule has 0 bridgehead atoms. The van der Waals surface area contributed by atoms with Crippen molar-refractivity contribution in [3.05, 3.63) is 29.3 Å². The average molecular weight is 463 g/mol. The van der Waals surface area contributed by atoms with E-state index in [0.29, 0.717) is 12.5 Å². The van der Waals surface area contributed by atoms with Gasteiger partial charge in [-0.1, -0.05) is 12.1 Å². The molecule has 0 unspecified atom stereocenters. The van der Waals surface area contributed by atoms with Crippen molar-refractivity contribution in [2.75, 3.05) is 23.9 Å². The van der Waals surface area contributed by atoms with Gasteiger partial charge < -0.3 is 11.1 Å². The molecule has 5 nitrogen and oxygen atoms in total. The zero-order valence-electron chi connectivity index (χ0n) is 14.0. The molecule has 24 heavy (non-hydrogen) atoms. The summed E-state index contributed by atoms with van der Waals surface area (Å²) in [7, 11) is -2.97. The van der Waals surface area contributed by atoms with Crippen LogP contribution in [0.3, 0.4) is 0 Å². The van der Waals surface area contributed by atoms with Crippen LogP contribution in [0.1, 0.15) is 36.8 Å². The van der Waals surface area contributed by atoms with E-state index in [1.165, 1.54) is 30.2 Å². The Kier molecular flexibility index (Phi) is 6.17. The molecule has 3 N–H and O–H groups in total. The normalized spacial score (nSPS) is 19.1. The summed E-state index contributed by atoms with van der Waals surface area (Å²) in [4.78, 5) is 4.41. The molecular weight excluding hydrogens is 437 g/mol. The van der Waals surface area contributed by atoms with E-state index in [0.717, 1.165) is 31.4 Å². The van der Waals surface area contributed by atoms with Gasteiger partial charge in [0.1, 0.15) is 9.84 Å². The molecule has 134 valence electrons. The van der Waals surface area contributed by atoms with Gasteiger partial charge in [-0.15, -0.1) is 24.0 Å². The first-order valence-electron chi connectivity index (χ1n) is 8.22. The molecular formula is C17H26IN3O2S. The number of anilines is 1. The van der Waals surface area contributed by atoms with Crippen LogP contribution in [-0.4, -0.2) is 32.9 Å². The van der Waals surface area contributed by atoms with Crippen LogP contribution in [0.2, 0.25) is 0 Å². The molecule has 0 amide bonds.